The third-order valence-electron chi connectivity index (χ3n) is 3.91. The second-order valence-corrected chi connectivity index (χ2v) is 7.15. The zero-order chi connectivity index (χ0) is 20.3. The summed E-state index contributed by atoms with van der Waals surface area (Å²) in [6.07, 6.45) is 1.64. The molecule has 0 atom stereocenters. The molecule has 0 spiro atoms. The Bertz CT molecular complexity index is 986. The van der Waals surface area contributed by atoms with E-state index in [1.165, 1.54) is 0 Å². The normalized spacial score (nSPS) is 14.8. The molecule has 0 fully saturated rings. The van der Waals surface area contributed by atoms with Gasteiger partial charge in [-0.05, 0) is 49.8 Å². The van der Waals surface area contributed by atoms with Crippen molar-refractivity contribution in [2.75, 3.05) is 6.61 Å². The van der Waals surface area contributed by atoms with Crippen LogP contribution in [0.15, 0.2) is 41.1 Å². The van der Waals surface area contributed by atoms with Gasteiger partial charge in [0, 0.05) is 15.6 Å². The van der Waals surface area contributed by atoms with Gasteiger partial charge >= 0.3 is 5.97 Å². The number of halogens is 3. The molecule has 0 radical (unpaired) electrons. The maximum absolute atomic E-state index is 11.8. The minimum absolute atomic E-state index is 0.189. The van der Waals surface area contributed by atoms with E-state index >= 15 is 0 Å². The molecule has 3 rings (SSSR count). The first kappa shape index (κ1) is 20.5. The lowest BCUT2D eigenvalue weighted by Gasteiger charge is -2.15. The number of benzene rings is 2. The molecule has 1 aliphatic heterocycles. The maximum atomic E-state index is 11.8. The van der Waals surface area contributed by atoms with Crippen molar-refractivity contribution in [2.24, 2.45) is 5.16 Å². The van der Waals surface area contributed by atoms with Gasteiger partial charge in [-0.1, -0.05) is 46.0 Å². The first-order chi connectivity index (χ1) is 13.4. The monoisotopic (exact) mass is 439 g/mol. The minimum Gasteiger partial charge on any atom is -0.490 e. The Labute approximate surface area is 177 Å². The van der Waals surface area contributed by atoms with Gasteiger partial charge in [0.05, 0.1) is 22.9 Å². The van der Waals surface area contributed by atoms with Crippen molar-refractivity contribution in [3.8, 4) is 11.5 Å². The number of hydrogen-bond acceptors (Lipinski definition) is 5. The number of hydrogen-bond donors (Lipinski definition) is 0. The van der Waals surface area contributed by atoms with Crippen LogP contribution >= 0.6 is 34.8 Å². The molecule has 0 amide bonds. The standard InChI is InChI=1S/C20H16Cl3NO4/c1-3-26-18-8-12(6-15-11(2)24-28-20(15)25)7-17(23)19(18)27-10-13-4-5-14(21)9-16(13)22/h4-9H,3,10H2,1-2H3/b15-6+. The zero-order valence-corrected chi connectivity index (χ0v) is 17.4. The van der Waals surface area contributed by atoms with E-state index < -0.39 is 5.97 Å². The molecule has 0 N–H and O–H groups in total. The first-order valence-electron chi connectivity index (χ1n) is 8.40. The molecule has 1 heterocycles. The van der Waals surface area contributed by atoms with E-state index in [2.05, 4.69) is 9.99 Å². The number of oxime groups is 1. The van der Waals surface area contributed by atoms with E-state index in [0.29, 0.717) is 50.0 Å². The molecule has 0 aromatic heterocycles. The number of ether oxygens (including phenoxy) is 2. The van der Waals surface area contributed by atoms with Crippen LogP contribution in [0.2, 0.25) is 15.1 Å². The Balaban J connectivity index is 1.90. The summed E-state index contributed by atoms with van der Waals surface area (Å²) in [6.45, 7) is 4.14. The van der Waals surface area contributed by atoms with Gasteiger partial charge in [0.1, 0.15) is 6.61 Å². The van der Waals surface area contributed by atoms with Crippen molar-refractivity contribution in [1.82, 2.24) is 0 Å². The van der Waals surface area contributed by atoms with Crippen molar-refractivity contribution in [3.63, 3.8) is 0 Å². The van der Waals surface area contributed by atoms with Gasteiger partial charge in [-0.2, -0.15) is 0 Å². The van der Waals surface area contributed by atoms with Crippen molar-refractivity contribution in [2.45, 2.75) is 20.5 Å². The van der Waals surface area contributed by atoms with Crippen molar-refractivity contribution >= 4 is 52.6 Å². The van der Waals surface area contributed by atoms with Crippen molar-refractivity contribution in [3.05, 3.63) is 62.1 Å². The van der Waals surface area contributed by atoms with Gasteiger partial charge < -0.3 is 14.3 Å². The van der Waals surface area contributed by atoms with Crippen LogP contribution in [0.1, 0.15) is 25.0 Å². The Morgan fingerprint density at radius 1 is 1.11 bits per heavy atom. The summed E-state index contributed by atoms with van der Waals surface area (Å²) in [5.41, 5.74) is 2.28. The van der Waals surface area contributed by atoms with E-state index in [9.17, 15) is 4.79 Å². The molecule has 0 saturated heterocycles. The summed E-state index contributed by atoms with van der Waals surface area (Å²) < 4.78 is 11.5. The smallest absolute Gasteiger partial charge is 0.367 e. The Morgan fingerprint density at radius 3 is 2.54 bits per heavy atom. The van der Waals surface area contributed by atoms with Crippen LogP contribution in [-0.2, 0) is 16.2 Å². The van der Waals surface area contributed by atoms with Gasteiger partial charge in [-0.3, -0.25) is 0 Å². The van der Waals surface area contributed by atoms with Gasteiger partial charge in [0.15, 0.2) is 11.5 Å². The fourth-order valence-corrected chi connectivity index (χ4v) is 3.29. The lowest BCUT2D eigenvalue weighted by atomic mass is 10.1. The SMILES string of the molecule is CCOc1cc(/C=C2/C(=O)ON=C2C)cc(Cl)c1OCc1ccc(Cl)cc1Cl. The zero-order valence-electron chi connectivity index (χ0n) is 15.1. The summed E-state index contributed by atoms with van der Waals surface area (Å²) >= 11 is 18.5. The molecule has 8 heteroatoms. The molecule has 146 valence electrons. The average Bonchev–Trinajstić information content (AvgIpc) is 2.95. The summed E-state index contributed by atoms with van der Waals surface area (Å²) in [6, 6.07) is 8.57. The van der Waals surface area contributed by atoms with Crippen molar-refractivity contribution in [1.29, 1.82) is 0 Å². The minimum atomic E-state index is -0.510. The third kappa shape index (κ3) is 4.61. The van der Waals surface area contributed by atoms with Crippen LogP contribution in [0.4, 0.5) is 0 Å². The second-order valence-electron chi connectivity index (χ2n) is 5.90. The van der Waals surface area contributed by atoms with E-state index in [0.717, 1.165) is 5.56 Å². The number of rotatable bonds is 6. The highest BCUT2D eigenvalue weighted by Gasteiger charge is 2.22. The molecule has 0 bridgehead atoms. The first-order valence-corrected chi connectivity index (χ1v) is 9.53. The summed E-state index contributed by atoms with van der Waals surface area (Å²) in [5.74, 6) is 0.327. The summed E-state index contributed by atoms with van der Waals surface area (Å²) in [4.78, 5) is 16.4. The highest BCUT2D eigenvalue weighted by molar-refractivity contribution is 6.35. The topological polar surface area (TPSA) is 57.1 Å². The molecule has 5 nitrogen and oxygen atoms in total. The Hall–Kier alpha value is -2.21. The van der Waals surface area contributed by atoms with E-state index in [1.54, 1.807) is 43.3 Å². The van der Waals surface area contributed by atoms with E-state index in [4.69, 9.17) is 44.3 Å². The molecule has 2 aromatic carbocycles. The summed E-state index contributed by atoms with van der Waals surface area (Å²) in [5, 5.41) is 5.04. The molecule has 0 aliphatic carbocycles. The van der Waals surface area contributed by atoms with Crippen molar-refractivity contribution < 1.29 is 19.1 Å². The van der Waals surface area contributed by atoms with Crippen LogP contribution in [0, 0.1) is 0 Å². The lowest BCUT2D eigenvalue weighted by molar-refractivity contribution is -0.136. The maximum Gasteiger partial charge on any atom is 0.367 e. The molecular weight excluding hydrogens is 425 g/mol. The fourth-order valence-electron chi connectivity index (χ4n) is 2.55. The fraction of sp³-hybridized carbons (Fsp3) is 0.200. The average molecular weight is 441 g/mol. The second kappa shape index (κ2) is 8.86. The highest BCUT2D eigenvalue weighted by atomic mass is 35.5. The molecule has 0 saturated carbocycles. The van der Waals surface area contributed by atoms with Crippen LogP contribution < -0.4 is 9.47 Å². The van der Waals surface area contributed by atoms with Crippen LogP contribution in [0.3, 0.4) is 0 Å². The Kier molecular flexibility index (Phi) is 6.50. The number of carbonyl (C=O) groups excluding carboxylic acids is 1. The quantitative estimate of drug-likeness (QED) is 0.412. The largest absolute Gasteiger partial charge is 0.490 e. The molecule has 28 heavy (non-hydrogen) atoms. The van der Waals surface area contributed by atoms with Crippen LogP contribution in [-0.4, -0.2) is 18.3 Å². The molecule has 1 aliphatic rings. The molecule has 2 aromatic rings. The number of nitrogens with zero attached hydrogens (tertiary/aromatic N) is 1. The lowest BCUT2D eigenvalue weighted by Crippen LogP contribution is -2.03. The van der Waals surface area contributed by atoms with Gasteiger partial charge in [0.25, 0.3) is 0 Å². The Morgan fingerprint density at radius 2 is 1.89 bits per heavy atom. The number of carbonyl (C=O) groups is 1. The van der Waals surface area contributed by atoms with Gasteiger partial charge in [0.2, 0.25) is 0 Å². The highest BCUT2D eigenvalue weighted by Crippen LogP contribution is 2.38. The van der Waals surface area contributed by atoms with E-state index in [-0.39, 0.29) is 6.61 Å². The predicted octanol–water partition coefficient (Wildman–Crippen LogP) is 5.94. The third-order valence-corrected chi connectivity index (χ3v) is 4.77. The predicted molar refractivity (Wildman–Crippen MR) is 111 cm³/mol. The van der Waals surface area contributed by atoms with Gasteiger partial charge in [-0.15, -0.1) is 0 Å². The van der Waals surface area contributed by atoms with Gasteiger partial charge in [-0.25, -0.2) is 4.79 Å². The van der Waals surface area contributed by atoms with E-state index in [1.807, 2.05) is 6.92 Å². The van der Waals surface area contributed by atoms with Crippen LogP contribution in [0.25, 0.3) is 6.08 Å². The summed E-state index contributed by atoms with van der Waals surface area (Å²) in [7, 11) is 0. The molecule has 0 unspecified atom stereocenters. The molecular formula is C20H16Cl3NO4. The van der Waals surface area contributed by atoms with Crippen LogP contribution in [0.5, 0.6) is 11.5 Å².